The van der Waals surface area contributed by atoms with Crippen molar-refractivity contribution in [3.63, 3.8) is 0 Å². The highest BCUT2D eigenvalue weighted by molar-refractivity contribution is 6.07. The van der Waals surface area contributed by atoms with E-state index < -0.39 is 46.8 Å². The van der Waals surface area contributed by atoms with Gasteiger partial charge in [-0.25, -0.2) is 4.79 Å². The zero-order valence-electron chi connectivity index (χ0n) is 20.8. The Balaban J connectivity index is 2.24. The molecule has 1 unspecified atom stereocenters. The lowest BCUT2D eigenvalue weighted by Crippen LogP contribution is -2.63. The standard InChI is InChI=1S/C28H30N2O7/c1-18(29)25(33)30(21-12-8-5-9-13-21)28(2,27(35)36-3)24(20-14-15-22(31)23(32)16-20)26(34)37-17-19-10-6-4-7-11-19/h4-16,18,24,31-32H,17,29H2,1-3H3/t18-,24?,28-/m0/s1. The molecule has 0 bridgehead atoms. The molecule has 3 atom stereocenters. The van der Waals surface area contributed by atoms with Crippen molar-refractivity contribution in [3.05, 3.63) is 90.0 Å². The van der Waals surface area contributed by atoms with Gasteiger partial charge >= 0.3 is 11.9 Å². The van der Waals surface area contributed by atoms with Crippen LogP contribution in [0.3, 0.4) is 0 Å². The van der Waals surface area contributed by atoms with Gasteiger partial charge in [0, 0.05) is 5.69 Å². The number of phenolic OH excluding ortho intramolecular Hbond substituents is 2. The third-order valence-electron chi connectivity index (χ3n) is 6.04. The summed E-state index contributed by atoms with van der Waals surface area (Å²) in [6.45, 7) is 2.74. The average molecular weight is 507 g/mol. The molecule has 0 aromatic heterocycles. The molecular weight excluding hydrogens is 476 g/mol. The smallest absolute Gasteiger partial charge is 0.333 e. The number of anilines is 1. The lowest BCUT2D eigenvalue weighted by atomic mass is 9.78. The van der Waals surface area contributed by atoms with Crippen LogP contribution in [0.1, 0.15) is 30.9 Å². The zero-order valence-corrected chi connectivity index (χ0v) is 20.8. The Hall–Kier alpha value is -4.37. The first-order valence-corrected chi connectivity index (χ1v) is 11.6. The Labute approximate surface area is 215 Å². The minimum absolute atomic E-state index is 0.107. The van der Waals surface area contributed by atoms with Crippen LogP contribution >= 0.6 is 0 Å². The molecule has 4 N–H and O–H groups in total. The van der Waals surface area contributed by atoms with Crippen molar-refractivity contribution >= 4 is 23.5 Å². The van der Waals surface area contributed by atoms with Crippen LogP contribution in [0.4, 0.5) is 5.69 Å². The zero-order chi connectivity index (χ0) is 27.2. The maximum Gasteiger partial charge on any atom is 0.333 e. The summed E-state index contributed by atoms with van der Waals surface area (Å²) in [4.78, 5) is 42.0. The number of nitrogens with zero attached hydrogens (tertiary/aromatic N) is 1. The van der Waals surface area contributed by atoms with Crippen molar-refractivity contribution in [2.75, 3.05) is 12.0 Å². The Bertz CT molecular complexity index is 1250. The van der Waals surface area contributed by atoms with Gasteiger partial charge in [0.1, 0.15) is 12.5 Å². The van der Waals surface area contributed by atoms with Gasteiger partial charge in [-0.05, 0) is 49.2 Å². The van der Waals surface area contributed by atoms with Crippen LogP contribution in [0, 0.1) is 0 Å². The van der Waals surface area contributed by atoms with E-state index in [9.17, 15) is 24.6 Å². The molecule has 37 heavy (non-hydrogen) atoms. The highest BCUT2D eigenvalue weighted by Crippen LogP contribution is 2.41. The molecule has 1 amide bonds. The summed E-state index contributed by atoms with van der Waals surface area (Å²) in [5.41, 5.74) is 5.06. The van der Waals surface area contributed by atoms with E-state index in [4.69, 9.17) is 15.2 Å². The van der Waals surface area contributed by atoms with Crippen LogP contribution < -0.4 is 10.6 Å². The van der Waals surface area contributed by atoms with Crippen LogP contribution in [0.15, 0.2) is 78.9 Å². The number of aromatic hydroxyl groups is 2. The van der Waals surface area contributed by atoms with Crippen LogP contribution in [0.25, 0.3) is 0 Å². The average Bonchev–Trinajstić information content (AvgIpc) is 2.90. The first-order chi connectivity index (χ1) is 17.6. The summed E-state index contributed by atoms with van der Waals surface area (Å²) in [6, 6.07) is 19.8. The number of phenols is 2. The number of carbonyl (C=O) groups excluding carboxylic acids is 3. The van der Waals surface area contributed by atoms with Gasteiger partial charge in [0.05, 0.1) is 13.2 Å². The van der Waals surface area contributed by atoms with E-state index in [0.717, 1.165) is 18.1 Å². The number of carbonyl (C=O) groups is 3. The second-order valence-electron chi connectivity index (χ2n) is 8.71. The van der Waals surface area contributed by atoms with E-state index in [2.05, 4.69) is 0 Å². The second-order valence-corrected chi connectivity index (χ2v) is 8.71. The molecule has 9 heteroatoms. The Morgan fingerprint density at radius 3 is 2.08 bits per heavy atom. The number of rotatable bonds is 9. The Morgan fingerprint density at radius 1 is 0.946 bits per heavy atom. The summed E-state index contributed by atoms with van der Waals surface area (Å²) in [6.07, 6.45) is 0. The fourth-order valence-electron chi connectivity index (χ4n) is 4.17. The maximum absolute atomic E-state index is 13.8. The fourth-order valence-corrected chi connectivity index (χ4v) is 4.17. The number of amides is 1. The van der Waals surface area contributed by atoms with Crippen LogP contribution in [0.2, 0.25) is 0 Å². The molecule has 0 spiro atoms. The molecule has 0 aliphatic heterocycles. The largest absolute Gasteiger partial charge is 0.504 e. The number of nitrogens with two attached hydrogens (primary N) is 1. The lowest BCUT2D eigenvalue weighted by Gasteiger charge is -2.43. The van der Waals surface area contributed by atoms with E-state index >= 15 is 0 Å². The van der Waals surface area contributed by atoms with Gasteiger partial charge in [-0.2, -0.15) is 0 Å². The predicted octanol–water partition coefficient (Wildman–Crippen LogP) is 3.24. The summed E-state index contributed by atoms with van der Waals surface area (Å²) >= 11 is 0. The Kier molecular flexibility index (Phi) is 8.52. The molecule has 0 aliphatic rings. The monoisotopic (exact) mass is 506 g/mol. The van der Waals surface area contributed by atoms with E-state index in [1.807, 2.05) is 6.07 Å². The number of ether oxygens (including phenoxy) is 2. The van der Waals surface area contributed by atoms with Crippen LogP contribution in [-0.4, -0.2) is 46.7 Å². The van der Waals surface area contributed by atoms with Gasteiger partial charge in [0.2, 0.25) is 5.91 Å². The van der Waals surface area contributed by atoms with Gasteiger partial charge in [0.25, 0.3) is 0 Å². The molecule has 3 rings (SSSR count). The fraction of sp³-hybridized carbons (Fsp3) is 0.250. The van der Waals surface area contributed by atoms with Gasteiger partial charge in [-0.15, -0.1) is 0 Å². The molecule has 194 valence electrons. The van der Waals surface area contributed by atoms with Crippen molar-refractivity contribution in [1.29, 1.82) is 0 Å². The van der Waals surface area contributed by atoms with Crippen molar-refractivity contribution in [2.24, 2.45) is 5.73 Å². The summed E-state index contributed by atoms with van der Waals surface area (Å²) in [5.74, 6) is -4.86. The molecular formula is C28H30N2O7. The molecule has 0 saturated carbocycles. The van der Waals surface area contributed by atoms with Crippen molar-refractivity contribution in [2.45, 2.75) is 38.0 Å². The first-order valence-electron chi connectivity index (χ1n) is 11.6. The van der Waals surface area contributed by atoms with E-state index in [-0.39, 0.29) is 12.2 Å². The highest BCUT2D eigenvalue weighted by atomic mass is 16.5. The minimum atomic E-state index is -2.02. The van der Waals surface area contributed by atoms with E-state index in [0.29, 0.717) is 11.3 Å². The number of esters is 2. The molecule has 0 saturated heterocycles. The van der Waals surface area contributed by atoms with Crippen molar-refractivity contribution in [3.8, 4) is 11.5 Å². The predicted molar refractivity (Wildman–Crippen MR) is 137 cm³/mol. The number of hydrogen-bond acceptors (Lipinski definition) is 8. The third-order valence-corrected chi connectivity index (χ3v) is 6.04. The van der Waals surface area contributed by atoms with Gasteiger partial charge in [0.15, 0.2) is 17.0 Å². The maximum atomic E-state index is 13.8. The number of para-hydroxylation sites is 1. The van der Waals surface area contributed by atoms with Gasteiger partial charge in [-0.1, -0.05) is 54.6 Å². The second kappa shape index (κ2) is 11.6. The molecule has 9 nitrogen and oxygen atoms in total. The first kappa shape index (κ1) is 27.2. The molecule has 0 fully saturated rings. The van der Waals surface area contributed by atoms with Gasteiger partial charge < -0.3 is 25.4 Å². The normalized spacial score (nSPS) is 14.1. The molecule has 3 aromatic carbocycles. The van der Waals surface area contributed by atoms with Gasteiger partial charge in [-0.3, -0.25) is 14.5 Å². The van der Waals surface area contributed by atoms with Crippen molar-refractivity contribution < 1.29 is 34.1 Å². The molecule has 3 aromatic rings. The van der Waals surface area contributed by atoms with Crippen LogP contribution in [-0.2, 0) is 30.5 Å². The molecule has 0 aliphatic carbocycles. The van der Waals surface area contributed by atoms with Crippen molar-refractivity contribution in [1.82, 2.24) is 0 Å². The minimum Gasteiger partial charge on any atom is -0.504 e. The van der Waals surface area contributed by atoms with E-state index in [1.54, 1.807) is 54.6 Å². The number of methoxy groups -OCH3 is 1. The molecule has 0 radical (unpaired) electrons. The van der Waals surface area contributed by atoms with Crippen LogP contribution in [0.5, 0.6) is 11.5 Å². The topological polar surface area (TPSA) is 139 Å². The summed E-state index contributed by atoms with van der Waals surface area (Å²) in [7, 11) is 1.14. The van der Waals surface area contributed by atoms with E-state index in [1.165, 1.54) is 26.0 Å². The number of benzene rings is 3. The highest BCUT2D eigenvalue weighted by Gasteiger charge is 2.55. The molecule has 0 heterocycles. The quantitative estimate of drug-likeness (QED) is 0.297. The lowest BCUT2D eigenvalue weighted by molar-refractivity contribution is -0.158. The Morgan fingerprint density at radius 2 is 1.54 bits per heavy atom. The SMILES string of the molecule is COC(=O)[C@](C)(C(C(=O)OCc1ccccc1)c1ccc(O)c(O)c1)N(C(=O)[C@H](C)N)c1ccccc1. The summed E-state index contributed by atoms with van der Waals surface area (Å²) < 4.78 is 10.7. The number of hydrogen-bond donors (Lipinski definition) is 3. The summed E-state index contributed by atoms with van der Waals surface area (Å²) in [5, 5.41) is 20.1. The third kappa shape index (κ3) is 5.73.